The number of ketones is 2. The maximum atomic E-state index is 12.3. The molecule has 1 aliphatic heterocycles. The van der Waals surface area contributed by atoms with Crippen LogP contribution >= 0.6 is 0 Å². The van der Waals surface area contributed by atoms with Gasteiger partial charge in [-0.3, -0.25) is 14.6 Å². The van der Waals surface area contributed by atoms with Gasteiger partial charge in [-0.2, -0.15) is 0 Å². The first-order valence-electron chi connectivity index (χ1n) is 7.24. The monoisotopic (exact) mass is 313 g/mol. The highest BCUT2D eigenvalue weighted by Crippen LogP contribution is 2.36. The number of fused-ring (bicyclic) bond motifs is 1. The van der Waals surface area contributed by atoms with E-state index in [9.17, 15) is 14.7 Å². The lowest BCUT2D eigenvalue weighted by Crippen LogP contribution is -2.16. The molecule has 6 heteroatoms. The molecule has 1 aromatic heterocycles. The molecule has 118 valence electrons. The Morgan fingerprint density at radius 1 is 1.09 bits per heavy atom. The van der Waals surface area contributed by atoms with Gasteiger partial charge in [-0.15, -0.1) is 0 Å². The first-order chi connectivity index (χ1) is 11.1. The van der Waals surface area contributed by atoms with Crippen molar-refractivity contribution in [2.24, 2.45) is 0 Å². The summed E-state index contributed by atoms with van der Waals surface area (Å²) in [6.45, 7) is 0.796. The fraction of sp³-hybridized carbons (Fsp3) is 0.235. The number of carbonyl (C=O) groups excluding carboxylic acids is 2. The molecule has 2 aromatic rings. The maximum Gasteiger partial charge on any atom is 0.167 e. The number of Topliss-reactive ketones (excluding diaryl/α,β-unsaturated/α-hetero) is 2. The second-order valence-corrected chi connectivity index (χ2v) is 5.10. The minimum atomic E-state index is -0.322. The number of aromatic hydroxyl groups is 1. The molecule has 0 amide bonds. The van der Waals surface area contributed by atoms with Crippen LogP contribution in [0.25, 0.3) is 0 Å². The molecular weight excluding hydrogens is 298 g/mol. The summed E-state index contributed by atoms with van der Waals surface area (Å²) in [4.78, 5) is 28.1. The van der Waals surface area contributed by atoms with E-state index in [-0.39, 0.29) is 35.7 Å². The number of pyridine rings is 1. The highest BCUT2D eigenvalue weighted by atomic mass is 16.6. The molecule has 0 bridgehead atoms. The first-order valence-corrected chi connectivity index (χ1v) is 7.24. The lowest BCUT2D eigenvalue weighted by Gasteiger charge is -2.19. The van der Waals surface area contributed by atoms with Gasteiger partial charge >= 0.3 is 0 Å². The van der Waals surface area contributed by atoms with Crippen molar-refractivity contribution < 1.29 is 24.2 Å². The molecule has 0 atom stereocenters. The van der Waals surface area contributed by atoms with Crippen LogP contribution < -0.4 is 9.47 Å². The average Bonchev–Trinajstić information content (AvgIpc) is 2.59. The lowest BCUT2D eigenvalue weighted by atomic mass is 10.0. The van der Waals surface area contributed by atoms with Gasteiger partial charge in [-0.25, -0.2) is 0 Å². The minimum absolute atomic E-state index is 0.000924. The van der Waals surface area contributed by atoms with Crippen LogP contribution in [0, 0.1) is 0 Å². The molecule has 3 rings (SSSR count). The third-order valence-electron chi connectivity index (χ3n) is 3.52. The van der Waals surface area contributed by atoms with Gasteiger partial charge in [0, 0.05) is 36.9 Å². The lowest BCUT2D eigenvalue weighted by molar-refractivity contribution is 0.0915. The van der Waals surface area contributed by atoms with Crippen molar-refractivity contribution in [2.75, 3.05) is 13.2 Å². The standard InChI is InChI=1S/C17H15NO5/c19-13(11-2-1-5-18-10-11)3-4-14(20)12-8-16-17(9-15(12)21)23-7-6-22-16/h1-2,5,8-10,21H,3-4,6-7H2. The van der Waals surface area contributed by atoms with Crippen LogP contribution in [0.15, 0.2) is 36.7 Å². The molecule has 0 spiro atoms. The normalized spacial score (nSPS) is 12.7. The van der Waals surface area contributed by atoms with Gasteiger partial charge in [-0.05, 0) is 18.2 Å². The number of rotatable bonds is 5. The molecule has 2 heterocycles. The largest absolute Gasteiger partial charge is 0.507 e. The molecule has 0 saturated heterocycles. The highest BCUT2D eigenvalue weighted by molar-refractivity contribution is 6.03. The zero-order chi connectivity index (χ0) is 16.2. The summed E-state index contributed by atoms with van der Waals surface area (Å²) < 4.78 is 10.7. The van der Waals surface area contributed by atoms with E-state index >= 15 is 0 Å². The van der Waals surface area contributed by atoms with Gasteiger partial charge in [0.25, 0.3) is 0 Å². The summed E-state index contributed by atoms with van der Waals surface area (Å²) in [6, 6.07) is 6.15. The van der Waals surface area contributed by atoms with Gasteiger partial charge in [-0.1, -0.05) is 0 Å². The Hall–Kier alpha value is -2.89. The Morgan fingerprint density at radius 2 is 1.78 bits per heavy atom. The minimum Gasteiger partial charge on any atom is -0.507 e. The van der Waals surface area contributed by atoms with E-state index in [0.717, 1.165) is 0 Å². The van der Waals surface area contributed by atoms with Crippen molar-refractivity contribution in [2.45, 2.75) is 12.8 Å². The molecule has 0 saturated carbocycles. The van der Waals surface area contributed by atoms with Crippen molar-refractivity contribution in [3.63, 3.8) is 0 Å². The number of aromatic nitrogens is 1. The number of benzene rings is 1. The van der Waals surface area contributed by atoms with Crippen molar-refractivity contribution in [3.8, 4) is 17.2 Å². The van der Waals surface area contributed by atoms with Gasteiger partial charge in [0.15, 0.2) is 23.1 Å². The molecule has 0 unspecified atom stereocenters. The van der Waals surface area contributed by atoms with E-state index in [0.29, 0.717) is 30.3 Å². The summed E-state index contributed by atoms with van der Waals surface area (Å²) in [5, 5.41) is 9.97. The van der Waals surface area contributed by atoms with Crippen molar-refractivity contribution >= 4 is 11.6 Å². The smallest absolute Gasteiger partial charge is 0.167 e. The third kappa shape index (κ3) is 3.31. The number of nitrogens with zero attached hydrogens (tertiary/aromatic N) is 1. The average molecular weight is 313 g/mol. The Morgan fingerprint density at radius 3 is 2.48 bits per heavy atom. The van der Waals surface area contributed by atoms with Crippen LogP contribution in [0.5, 0.6) is 17.2 Å². The zero-order valence-corrected chi connectivity index (χ0v) is 12.3. The molecule has 0 radical (unpaired) electrons. The van der Waals surface area contributed by atoms with Crippen LogP contribution in [0.2, 0.25) is 0 Å². The number of phenols is 1. The summed E-state index contributed by atoms with van der Waals surface area (Å²) in [5.74, 6) is 0.181. The van der Waals surface area contributed by atoms with Gasteiger partial charge in [0.05, 0.1) is 5.56 Å². The van der Waals surface area contributed by atoms with Crippen LogP contribution in [0.4, 0.5) is 0 Å². The Labute approximate surface area is 132 Å². The summed E-state index contributed by atoms with van der Waals surface area (Å²) in [6.07, 6.45) is 3.10. The summed E-state index contributed by atoms with van der Waals surface area (Å²) >= 11 is 0. The Balaban J connectivity index is 1.70. The van der Waals surface area contributed by atoms with E-state index in [4.69, 9.17) is 9.47 Å². The molecule has 1 aromatic carbocycles. The predicted octanol–water partition coefficient (Wildman–Crippen LogP) is 2.40. The Kier molecular flexibility index (Phi) is 4.23. The van der Waals surface area contributed by atoms with E-state index in [1.54, 1.807) is 18.3 Å². The number of phenolic OH excluding ortho intramolecular Hbond substituents is 1. The number of carbonyl (C=O) groups is 2. The van der Waals surface area contributed by atoms with Crippen LogP contribution in [0.3, 0.4) is 0 Å². The van der Waals surface area contributed by atoms with Crippen molar-refractivity contribution in [1.29, 1.82) is 0 Å². The topological polar surface area (TPSA) is 85.7 Å². The van der Waals surface area contributed by atoms with E-state index in [1.165, 1.54) is 18.3 Å². The molecule has 0 aliphatic carbocycles. The van der Waals surface area contributed by atoms with E-state index in [2.05, 4.69) is 4.98 Å². The summed E-state index contributed by atoms with van der Waals surface area (Å²) in [7, 11) is 0. The third-order valence-corrected chi connectivity index (χ3v) is 3.52. The predicted molar refractivity (Wildman–Crippen MR) is 81.2 cm³/mol. The molecule has 1 aliphatic rings. The highest BCUT2D eigenvalue weighted by Gasteiger charge is 2.20. The fourth-order valence-corrected chi connectivity index (χ4v) is 2.34. The van der Waals surface area contributed by atoms with E-state index < -0.39 is 0 Å². The second kappa shape index (κ2) is 6.48. The molecular formula is C17H15NO5. The fourth-order valence-electron chi connectivity index (χ4n) is 2.34. The number of hydrogen-bond donors (Lipinski definition) is 1. The zero-order valence-electron chi connectivity index (χ0n) is 12.3. The van der Waals surface area contributed by atoms with Crippen molar-refractivity contribution in [1.82, 2.24) is 4.98 Å². The first kappa shape index (κ1) is 15.0. The van der Waals surface area contributed by atoms with Crippen LogP contribution in [-0.2, 0) is 0 Å². The maximum absolute atomic E-state index is 12.3. The van der Waals surface area contributed by atoms with Gasteiger partial charge < -0.3 is 14.6 Å². The SMILES string of the molecule is O=C(CCC(=O)c1cc2c(cc1O)OCCO2)c1cccnc1. The molecule has 6 nitrogen and oxygen atoms in total. The number of ether oxygens (including phenoxy) is 2. The number of hydrogen-bond acceptors (Lipinski definition) is 6. The van der Waals surface area contributed by atoms with Gasteiger partial charge in [0.1, 0.15) is 19.0 Å². The molecule has 1 N–H and O–H groups in total. The van der Waals surface area contributed by atoms with Crippen LogP contribution in [0.1, 0.15) is 33.6 Å². The molecule has 0 fully saturated rings. The quantitative estimate of drug-likeness (QED) is 0.853. The van der Waals surface area contributed by atoms with Gasteiger partial charge in [0.2, 0.25) is 0 Å². The second-order valence-electron chi connectivity index (χ2n) is 5.10. The van der Waals surface area contributed by atoms with Crippen molar-refractivity contribution in [3.05, 3.63) is 47.8 Å². The Bertz CT molecular complexity index is 742. The summed E-state index contributed by atoms with van der Waals surface area (Å²) in [5.41, 5.74) is 0.597. The molecule has 23 heavy (non-hydrogen) atoms. The van der Waals surface area contributed by atoms with E-state index in [1.807, 2.05) is 0 Å². The van der Waals surface area contributed by atoms with Crippen LogP contribution in [-0.4, -0.2) is 34.9 Å².